The Kier molecular flexibility index (Phi) is 7.65. The Hall–Kier alpha value is -2.75. The minimum absolute atomic E-state index is 0.105. The molecule has 1 amide bonds. The Labute approximate surface area is 199 Å². The maximum absolute atomic E-state index is 13.4. The Morgan fingerprint density at radius 2 is 1.50 bits per heavy atom. The summed E-state index contributed by atoms with van der Waals surface area (Å²) in [4.78, 5) is 18.6. The van der Waals surface area contributed by atoms with E-state index in [1.54, 1.807) is 0 Å². The van der Waals surface area contributed by atoms with Gasteiger partial charge in [-0.25, -0.2) is 13.8 Å². The number of likely N-dealkylation sites (N-methyl/N-ethyl adjacent to an activating group) is 1. The number of nitrogens with zero attached hydrogens (tertiary/aromatic N) is 4. The monoisotopic (exact) mass is 473 g/mol. The van der Waals surface area contributed by atoms with Crippen LogP contribution in [0, 0.1) is 0 Å². The number of alkyl halides is 2. The first-order chi connectivity index (χ1) is 16.3. The van der Waals surface area contributed by atoms with Crippen molar-refractivity contribution in [1.82, 2.24) is 14.9 Å². The topological polar surface area (TPSA) is 62.3 Å². The summed E-state index contributed by atoms with van der Waals surface area (Å²) >= 11 is 0. The van der Waals surface area contributed by atoms with Crippen LogP contribution in [0.3, 0.4) is 0 Å². The summed E-state index contributed by atoms with van der Waals surface area (Å²) in [5.41, 5.74) is 3.55. The van der Waals surface area contributed by atoms with Gasteiger partial charge in [-0.05, 0) is 49.0 Å². The fourth-order valence-electron chi connectivity index (χ4n) is 4.25. The van der Waals surface area contributed by atoms with Crippen molar-refractivity contribution >= 4 is 23.0 Å². The smallest absolute Gasteiger partial charge is 0.260 e. The largest absolute Gasteiger partial charge is 0.371 e. The molecule has 34 heavy (non-hydrogen) atoms. The third-order valence-corrected chi connectivity index (χ3v) is 6.55. The van der Waals surface area contributed by atoms with Crippen molar-refractivity contribution in [1.29, 1.82) is 0 Å². The molecule has 0 bridgehead atoms. The van der Waals surface area contributed by atoms with Crippen molar-refractivity contribution in [2.45, 2.75) is 25.3 Å². The van der Waals surface area contributed by atoms with Crippen LogP contribution in [0.2, 0.25) is 0 Å². The molecule has 2 fully saturated rings. The summed E-state index contributed by atoms with van der Waals surface area (Å²) in [6, 6.07) is 15.3. The number of halogens is 2. The van der Waals surface area contributed by atoms with Gasteiger partial charge in [0.2, 0.25) is 0 Å². The SMILES string of the molecule is CN1CCN(CC(=O)N(O)Cc2ccc(Nc3ccc(N4CCC(F)(F)CC4)cc3)cc2)CC1. The van der Waals surface area contributed by atoms with Crippen LogP contribution < -0.4 is 10.2 Å². The van der Waals surface area contributed by atoms with Crippen LogP contribution in [0.1, 0.15) is 18.4 Å². The quantitative estimate of drug-likeness (QED) is 0.473. The van der Waals surface area contributed by atoms with E-state index < -0.39 is 5.92 Å². The number of carbonyl (C=O) groups excluding carboxylic acids is 1. The predicted octanol–water partition coefficient (Wildman–Crippen LogP) is 3.63. The highest BCUT2D eigenvalue weighted by Gasteiger charge is 2.34. The molecule has 2 aliphatic rings. The zero-order valence-corrected chi connectivity index (χ0v) is 19.6. The number of hydrogen-bond acceptors (Lipinski definition) is 6. The van der Waals surface area contributed by atoms with Crippen LogP contribution in [0.5, 0.6) is 0 Å². The summed E-state index contributed by atoms with van der Waals surface area (Å²) in [6.45, 7) is 4.58. The molecule has 4 rings (SSSR count). The Balaban J connectivity index is 1.25. The lowest BCUT2D eigenvalue weighted by Gasteiger charge is -2.33. The molecule has 0 radical (unpaired) electrons. The minimum atomic E-state index is -2.55. The Bertz CT molecular complexity index is 937. The minimum Gasteiger partial charge on any atom is -0.371 e. The predicted molar refractivity (Wildman–Crippen MR) is 129 cm³/mol. The maximum atomic E-state index is 13.4. The van der Waals surface area contributed by atoms with Gasteiger partial charge in [0.05, 0.1) is 13.1 Å². The Morgan fingerprint density at radius 1 is 0.941 bits per heavy atom. The van der Waals surface area contributed by atoms with Crippen molar-refractivity contribution in [3.05, 3.63) is 54.1 Å². The maximum Gasteiger partial charge on any atom is 0.260 e. The molecule has 2 saturated heterocycles. The van der Waals surface area contributed by atoms with Crippen LogP contribution in [0.4, 0.5) is 25.8 Å². The fourth-order valence-corrected chi connectivity index (χ4v) is 4.25. The molecule has 0 atom stereocenters. The number of piperidine rings is 1. The van der Waals surface area contributed by atoms with E-state index in [9.17, 15) is 18.8 Å². The van der Waals surface area contributed by atoms with Gasteiger partial charge >= 0.3 is 0 Å². The van der Waals surface area contributed by atoms with Crippen molar-refractivity contribution in [3.63, 3.8) is 0 Å². The molecule has 0 aliphatic carbocycles. The lowest BCUT2D eigenvalue weighted by atomic mass is 10.1. The van der Waals surface area contributed by atoms with Gasteiger partial charge in [0, 0.05) is 69.2 Å². The number of hydrogen-bond donors (Lipinski definition) is 2. The number of piperazine rings is 1. The second-order valence-corrected chi connectivity index (χ2v) is 9.24. The van der Waals surface area contributed by atoms with E-state index in [4.69, 9.17) is 0 Å². The molecular weight excluding hydrogens is 440 g/mol. The molecule has 184 valence electrons. The summed E-state index contributed by atoms with van der Waals surface area (Å²) in [6.07, 6.45) is -0.210. The zero-order chi connectivity index (χ0) is 24.1. The van der Waals surface area contributed by atoms with E-state index in [0.29, 0.717) is 13.1 Å². The summed E-state index contributed by atoms with van der Waals surface area (Å²) < 4.78 is 26.7. The summed E-state index contributed by atoms with van der Waals surface area (Å²) in [5, 5.41) is 14.3. The second-order valence-electron chi connectivity index (χ2n) is 9.24. The summed E-state index contributed by atoms with van der Waals surface area (Å²) in [5.74, 6) is -2.85. The standard InChI is InChI=1S/C25H33F2N5O2/c1-29-14-16-30(17-15-29)19-24(33)32(34)18-20-2-4-21(5-3-20)28-22-6-8-23(9-7-22)31-12-10-25(26,27)11-13-31/h2-9,28,34H,10-19H2,1H3. The molecule has 0 aromatic heterocycles. The summed E-state index contributed by atoms with van der Waals surface area (Å²) in [7, 11) is 2.06. The van der Waals surface area contributed by atoms with Crippen LogP contribution >= 0.6 is 0 Å². The first-order valence-electron chi connectivity index (χ1n) is 11.8. The molecule has 2 aliphatic heterocycles. The van der Waals surface area contributed by atoms with Gasteiger partial charge in [-0.3, -0.25) is 14.9 Å². The lowest BCUT2D eigenvalue weighted by molar-refractivity contribution is -0.169. The van der Waals surface area contributed by atoms with Crippen LogP contribution in [-0.2, 0) is 11.3 Å². The number of carbonyl (C=O) groups is 1. The van der Waals surface area contributed by atoms with Gasteiger partial charge in [0.25, 0.3) is 11.8 Å². The average molecular weight is 474 g/mol. The lowest BCUT2D eigenvalue weighted by Crippen LogP contribution is -2.48. The van der Waals surface area contributed by atoms with Crippen LogP contribution in [0.25, 0.3) is 0 Å². The molecule has 0 saturated carbocycles. The molecule has 2 aromatic rings. The van der Waals surface area contributed by atoms with Gasteiger partial charge in [0.1, 0.15) is 0 Å². The zero-order valence-electron chi connectivity index (χ0n) is 19.6. The van der Waals surface area contributed by atoms with E-state index in [2.05, 4.69) is 22.2 Å². The highest BCUT2D eigenvalue weighted by molar-refractivity contribution is 5.77. The number of amides is 1. The number of rotatable bonds is 7. The molecule has 9 heteroatoms. The van der Waals surface area contributed by atoms with E-state index in [-0.39, 0.29) is 31.8 Å². The van der Waals surface area contributed by atoms with Gasteiger partial charge < -0.3 is 15.1 Å². The normalized spacial score (nSPS) is 19.1. The van der Waals surface area contributed by atoms with Crippen molar-refractivity contribution in [2.75, 3.05) is 63.1 Å². The third-order valence-electron chi connectivity index (χ3n) is 6.55. The Morgan fingerprint density at radius 3 is 2.09 bits per heavy atom. The van der Waals surface area contributed by atoms with Gasteiger partial charge in [0.15, 0.2) is 0 Å². The molecule has 2 heterocycles. The van der Waals surface area contributed by atoms with E-state index in [0.717, 1.165) is 53.9 Å². The first kappa shape index (κ1) is 24.4. The highest BCUT2D eigenvalue weighted by Crippen LogP contribution is 2.31. The number of anilines is 3. The van der Waals surface area contributed by atoms with Crippen molar-refractivity contribution in [2.24, 2.45) is 0 Å². The van der Waals surface area contributed by atoms with Crippen LogP contribution in [-0.4, -0.2) is 84.8 Å². The van der Waals surface area contributed by atoms with Crippen LogP contribution in [0.15, 0.2) is 48.5 Å². The number of benzene rings is 2. The average Bonchev–Trinajstić information content (AvgIpc) is 2.82. The van der Waals surface area contributed by atoms with E-state index in [1.807, 2.05) is 53.4 Å². The van der Waals surface area contributed by atoms with E-state index in [1.165, 1.54) is 0 Å². The molecule has 0 spiro atoms. The number of nitrogens with one attached hydrogen (secondary N) is 1. The van der Waals surface area contributed by atoms with Gasteiger partial charge in [-0.1, -0.05) is 12.1 Å². The third kappa shape index (κ3) is 6.65. The highest BCUT2D eigenvalue weighted by atomic mass is 19.3. The van der Waals surface area contributed by atoms with E-state index >= 15 is 0 Å². The second kappa shape index (κ2) is 10.7. The number of hydroxylamine groups is 2. The van der Waals surface area contributed by atoms with Crippen molar-refractivity contribution in [3.8, 4) is 0 Å². The molecule has 7 nitrogen and oxygen atoms in total. The van der Waals surface area contributed by atoms with Gasteiger partial charge in [-0.2, -0.15) is 0 Å². The molecule has 2 N–H and O–H groups in total. The molecular formula is C25H33F2N5O2. The first-order valence-corrected chi connectivity index (χ1v) is 11.8. The van der Waals surface area contributed by atoms with Gasteiger partial charge in [-0.15, -0.1) is 0 Å². The molecule has 0 unspecified atom stereocenters. The fraction of sp³-hybridized carbons (Fsp3) is 0.480. The van der Waals surface area contributed by atoms with Crippen molar-refractivity contribution < 1.29 is 18.8 Å². The molecule has 2 aromatic carbocycles.